The first-order chi connectivity index (χ1) is 6.15. The summed E-state index contributed by atoms with van der Waals surface area (Å²) in [6.45, 7) is 0. The summed E-state index contributed by atoms with van der Waals surface area (Å²) < 4.78 is 12.3. The number of aliphatic hydroxyl groups is 2. The highest BCUT2D eigenvalue weighted by atomic mass is 79.9. The molecule has 2 unspecified atom stereocenters. The molecule has 1 aromatic heterocycles. The SMILES string of the molecule is OC(CBr)C(O)c1cnc(F)nc1. The number of rotatable bonds is 3. The van der Waals surface area contributed by atoms with E-state index in [2.05, 4.69) is 25.9 Å². The van der Waals surface area contributed by atoms with E-state index in [1.54, 1.807) is 0 Å². The smallest absolute Gasteiger partial charge is 0.308 e. The minimum absolute atomic E-state index is 0.228. The highest BCUT2D eigenvalue weighted by molar-refractivity contribution is 9.09. The molecule has 0 aliphatic carbocycles. The second-order valence-electron chi connectivity index (χ2n) is 2.45. The molecule has 0 fully saturated rings. The average Bonchev–Trinajstić information content (AvgIpc) is 2.17. The van der Waals surface area contributed by atoms with Gasteiger partial charge in [-0.25, -0.2) is 9.97 Å². The Kier molecular flexibility index (Phi) is 3.71. The summed E-state index contributed by atoms with van der Waals surface area (Å²) in [5, 5.41) is 18.8. The molecule has 2 N–H and O–H groups in total. The van der Waals surface area contributed by atoms with Crippen molar-refractivity contribution in [2.75, 3.05) is 5.33 Å². The predicted octanol–water partition coefficient (Wildman–Crippen LogP) is 0.405. The first kappa shape index (κ1) is 10.5. The Morgan fingerprint density at radius 3 is 2.38 bits per heavy atom. The van der Waals surface area contributed by atoms with Crippen LogP contribution in [0.1, 0.15) is 11.7 Å². The van der Waals surface area contributed by atoms with Crippen LogP contribution in [0.25, 0.3) is 0 Å². The van der Waals surface area contributed by atoms with Crippen molar-refractivity contribution in [2.24, 2.45) is 0 Å². The average molecular weight is 251 g/mol. The van der Waals surface area contributed by atoms with Crippen molar-refractivity contribution < 1.29 is 14.6 Å². The molecular weight excluding hydrogens is 243 g/mol. The lowest BCUT2D eigenvalue weighted by Gasteiger charge is -2.14. The third-order valence-corrected chi connectivity index (χ3v) is 2.17. The molecule has 2 atom stereocenters. The van der Waals surface area contributed by atoms with Crippen molar-refractivity contribution >= 4 is 15.9 Å². The van der Waals surface area contributed by atoms with Gasteiger partial charge in [0.2, 0.25) is 0 Å². The van der Waals surface area contributed by atoms with Crippen molar-refractivity contribution in [3.8, 4) is 0 Å². The molecule has 0 amide bonds. The third kappa shape index (κ3) is 2.68. The number of hydrogen-bond acceptors (Lipinski definition) is 4. The Labute approximate surface area is 82.6 Å². The minimum atomic E-state index is -1.10. The Morgan fingerprint density at radius 2 is 1.92 bits per heavy atom. The first-order valence-electron chi connectivity index (χ1n) is 3.54. The molecule has 1 heterocycles. The third-order valence-electron chi connectivity index (χ3n) is 1.50. The van der Waals surface area contributed by atoms with E-state index in [0.717, 1.165) is 12.4 Å². The summed E-state index contributed by atoms with van der Waals surface area (Å²) in [5.74, 6) is 0. The molecule has 1 rings (SSSR count). The van der Waals surface area contributed by atoms with Gasteiger partial charge in [-0.15, -0.1) is 0 Å². The molecule has 0 aliphatic heterocycles. The van der Waals surface area contributed by atoms with E-state index >= 15 is 0 Å². The van der Waals surface area contributed by atoms with Crippen LogP contribution in [0.2, 0.25) is 0 Å². The fourth-order valence-electron chi connectivity index (χ4n) is 0.782. The topological polar surface area (TPSA) is 66.2 Å². The van der Waals surface area contributed by atoms with Crippen LogP contribution < -0.4 is 0 Å². The quantitative estimate of drug-likeness (QED) is 0.603. The van der Waals surface area contributed by atoms with Crippen LogP contribution in [-0.2, 0) is 0 Å². The molecule has 1 aromatic rings. The summed E-state index contributed by atoms with van der Waals surface area (Å²) in [4.78, 5) is 6.51. The zero-order valence-electron chi connectivity index (χ0n) is 6.56. The van der Waals surface area contributed by atoms with Gasteiger partial charge < -0.3 is 10.2 Å². The van der Waals surface area contributed by atoms with Gasteiger partial charge in [0.05, 0.1) is 6.10 Å². The number of aliphatic hydroxyl groups excluding tert-OH is 2. The maximum absolute atomic E-state index is 12.3. The van der Waals surface area contributed by atoms with Crippen molar-refractivity contribution in [2.45, 2.75) is 12.2 Å². The van der Waals surface area contributed by atoms with Gasteiger partial charge in [0.15, 0.2) is 0 Å². The van der Waals surface area contributed by atoms with Crippen LogP contribution in [0.15, 0.2) is 12.4 Å². The summed E-state index contributed by atoms with van der Waals surface area (Å²) in [7, 11) is 0. The lowest BCUT2D eigenvalue weighted by Crippen LogP contribution is -2.19. The standard InChI is InChI=1S/C7H8BrFN2O2/c8-1-5(12)6(13)4-2-10-7(9)11-3-4/h2-3,5-6,12-13H,1H2. The molecule has 0 saturated carbocycles. The molecule has 4 nitrogen and oxygen atoms in total. The lowest BCUT2D eigenvalue weighted by molar-refractivity contribution is 0.0337. The molecule has 0 saturated heterocycles. The fraction of sp³-hybridized carbons (Fsp3) is 0.429. The molecule has 0 spiro atoms. The molecule has 0 bridgehead atoms. The van der Waals surface area contributed by atoms with Gasteiger partial charge in [-0.3, -0.25) is 0 Å². The monoisotopic (exact) mass is 250 g/mol. The highest BCUT2D eigenvalue weighted by Crippen LogP contribution is 2.15. The van der Waals surface area contributed by atoms with Crippen LogP contribution in [0.3, 0.4) is 0 Å². The normalized spacial score (nSPS) is 15.4. The summed E-state index contributed by atoms with van der Waals surface area (Å²) in [6.07, 6.45) is -0.629. The van der Waals surface area contributed by atoms with E-state index in [1.807, 2.05) is 0 Å². The second kappa shape index (κ2) is 4.59. The molecule has 72 valence electrons. The summed E-state index contributed by atoms with van der Waals surface area (Å²) in [6, 6.07) is 0. The van der Waals surface area contributed by atoms with E-state index < -0.39 is 18.3 Å². The predicted molar refractivity (Wildman–Crippen MR) is 46.8 cm³/mol. The van der Waals surface area contributed by atoms with Crippen molar-refractivity contribution in [1.29, 1.82) is 0 Å². The molecule has 0 aliphatic rings. The summed E-state index contributed by atoms with van der Waals surface area (Å²) in [5.41, 5.74) is 0.286. The Bertz CT molecular complexity index is 270. The molecule has 6 heteroatoms. The van der Waals surface area contributed by atoms with Crippen LogP contribution in [-0.4, -0.2) is 31.6 Å². The minimum Gasteiger partial charge on any atom is -0.389 e. The maximum Gasteiger partial charge on any atom is 0.308 e. The van der Waals surface area contributed by atoms with Gasteiger partial charge in [0.1, 0.15) is 6.10 Å². The van der Waals surface area contributed by atoms with E-state index in [1.165, 1.54) is 0 Å². The Balaban J connectivity index is 2.77. The van der Waals surface area contributed by atoms with Gasteiger partial charge >= 0.3 is 6.08 Å². The van der Waals surface area contributed by atoms with E-state index in [-0.39, 0.29) is 10.9 Å². The van der Waals surface area contributed by atoms with E-state index in [0.29, 0.717) is 0 Å². The van der Waals surface area contributed by atoms with Crippen LogP contribution in [0, 0.1) is 6.08 Å². The van der Waals surface area contributed by atoms with Crippen LogP contribution >= 0.6 is 15.9 Å². The maximum atomic E-state index is 12.3. The Hall–Kier alpha value is -0.590. The van der Waals surface area contributed by atoms with Crippen molar-refractivity contribution in [3.63, 3.8) is 0 Å². The van der Waals surface area contributed by atoms with Crippen molar-refractivity contribution in [1.82, 2.24) is 9.97 Å². The largest absolute Gasteiger partial charge is 0.389 e. The van der Waals surface area contributed by atoms with Gasteiger partial charge in [0.25, 0.3) is 0 Å². The number of hydrogen-bond donors (Lipinski definition) is 2. The van der Waals surface area contributed by atoms with Gasteiger partial charge in [-0.2, -0.15) is 4.39 Å². The zero-order valence-corrected chi connectivity index (χ0v) is 8.15. The van der Waals surface area contributed by atoms with Gasteiger partial charge in [0, 0.05) is 23.3 Å². The van der Waals surface area contributed by atoms with Crippen LogP contribution in [0.4, 0.5) is 4.39 Å². The highest BCUT2D eigenvalue weighted by Gasteiger charge is 2.17. The molecular formula is C7H8BrFN2O2. The number of aromatic nitrogens is 2. The Morgan fingerprint density at radius 1 is 1.38 bits per heavy atom. The summed E-state index contributed by atoms with van der Waals surface area (Å²) >= 11 is 3.00. The molecule has 0 aromatic carbocycles. The zero-order chi connectivity index (χ0) is 9.84. The first-order valence-corrected chi connectivity index (χ1v) is 4.67. The van der Waals surface area contributed by atoms with Gasteiger partial charge in [-0.1, -0.05) is 15.9 Å². The van der Waals surface area contributed by atoms with Gasteiger partial charge in [-0.05, 0) is 0 Å². The van der Waals surface area contributed by atoms with Crippen LogP contribution in [0.5, 0.6) is 0 Å². The number of alkyl halides is 1. The second-order valence-corrected chi connectivity index (χ2v) is 3.10. The molecule has 0 radical (unpaired) electrons. The lowest BCUT2D eigenvalue weighted by atomic mass is 10.1. The van der Waals surface area contributed by atoms with E-state index in [9.17, 15) is 14.6 Å². The number of nitrogens with zero attached hydrogens (tertiary/aromatic N) is 2. The van der Waals surface area contributed by atoms with E-state index in [4.69, 9.17) is 0 Å². The number of halogens is 2. The fourth-order valence-corrected chi connectivity index (χ4v) is 1.14. The molecule has 13 heavy (non-hydrogen) atoms. The van der Waals surface area contributed by atoms with Crippen molar-refractivity contribution in [3.05, 3.63) is 24.0 Å².